The standard InChI is InChI=1S/C16H21BrO2/c1-4-7-8-9-10-13-11-14(17)16(19-6-3)12-15(13)18-5-2/h11-12H,4-6,9-10H2,1-3H3. The molecule has 0 spiro atoms. The van der Waals surface area contributed by atoms with E-state index in [4.69, 9.17) is 9.47 Å². The smallest absolute Gasteiger partial charge is 0.137 e. The third kappa shape index (κ3) is 5.16. The number of halogens is 1. The molecule has 0 unspecified atom stereocenters. The summed E-state index contributed by atoms with van der Waals surface area (Å²) in [6.07, 6.45) is 2.66. The van der Waals surface area contributed by atoms with Gasteiger partial charge in [-0.25, -0.2) is 0 Å². The highest BCUT2D eigenvalue weighted by atomic mass is 79.9. The molecular weight excluding hydrogens is 304 g/mol. The Morgan fingerprint density at radius 2 is 1.68 bits per heavy atom. The number of rotatable bonds is 6. The first-order valence-corrected chi connectivity index (χ1v) is 7.55. The van der Waals surface area contributed by atoms with E-state index in [1.807, 2.05) is 19.9 Å². The lowest BCUT2D eigenvalue weighted by atomic mass is 10.1. The second-order valence-corrected chi connectivity index (χ2v) is 4.82. The molecule has 0 aliphatic carbocycles. The number of ether oxygens (including phenoxy) is 2. The molecule has 1 aromatic rings. The second kappa shape index (κ2) is 8.87. The maximum absolute atomic E-state index is 5.69. The highest BCUT2D eigenvalue weighted by Crippen LogP contribution is 2.33. The van der Waals surface area contributed by atoms with Crippen LogP contribution in [-0.2, 0) is 6.42 Å². The zero-order valence-electron chi connectivity index (χ0n) is 11.9. The molecule has 0 saturated carbocycles. The van der Waals surface area contributed by atoms with Gasteiger partial charge in [0.2, 0.25) is 0 Å². The van der Waals surface area contributed by atoms with E-state index in [1.54, 1.807) is 0 Å². The van der Waals surface area contributed by atoms with Gasteiger partial charge in [-0.3, -0.25) is 0 Å². The Morgan fingerprint density at radius 1 is 1.00 bits per heavy atom. The predicted octanol–water partition coefficient (Wildman–Crippen LogP) is 4.59. The van der Waals surface area contributed by atoms with Crippen LogP contribution >= 0.6 is 15.9 Å². The number of hydrogen-bond donors (Lipinski definition) is 0. The Bertz CT molecular complexity index is 458. The Hall–Kier alpha value is -1.14. The van der Waals surface area contributed by atoms with Crippen LogP contribution in [0.5, 0.6) is 11.5 Å². The van der Waals surface area contributed by atoms with Crippen LogP contribution in [0.15, 0.2) is 16.6 Å². The molecule has 1 rings (SSSR count). The third-order valence-electron chi connectivity index (χ3n) is 2.54. The number of aryl methyl sites for hydroxylation is 1. The molecular formula is C16H21BrO2. The highest BCUT2D eigenvalue weighted by Gasteiger charge is 2.10. The molecule has 0 saturated heterocycles. The van der Waals surface area contributed by atoms with Crippen LogP contribution in [-0.4, -0.2) is 13.2 Å². The minimum atomic E-state index is 0.644. The monoisotopic (exact) mass is 324 g/mol. The lowest BCUT2D eigenvalue weighted by Crippen LogP contribution is -2.00. The molecule has 0 atom stereocenters. The van der Waals surface area contributed by atoms with Gasteiger partial charge in [-0.15, -0.1) is 11.8 Å². The van der Waals surface area contributed by atoms with Gasteiger partial charge in [0.1, 0.15) is 11.5 Å². The third-order valence-corrected chi connectivity index (χ3v) is 3.16. The predicted molar refractivity (Wildman–Crippen MR) is 82.9 cm³/mol. The highest BCUT2D eigenvalue weighted by molar-refractivity contribution is 9.10. The van der Waals surface area contributed by atoms with E-state index < -0.39 is 0 Å². The minimum Gasteiger partial charge on any atom is -0.493 e. The summed E-state index contributed by atoms with van der Waals surface area (Å²) in [6, 6.07) is 4.03. The van der Waals surface area contributed by atoms with Crippen molar-refractivity contribution < 1.29 is 9.47 Å². The summed E-state index contributed by atoms with van der Waals surface area (Å²) >= 11 is 3.54. The van der Waals surface area contributed by atoms with Gasteiger partial charge >= 0.3 is 0 Å². The van der Waals surface area contributed by atoms with Crippen LogP contribution in [0.1, 0.15) is 39.2 Å². The van der Waals surface area contributed by atoms with Gasteiger partial charge in [-0.2, -0.15) is 0 Å². The molecule has 0 radical (unpaired) electrons. The largest absolute Gasteiger partial charge is 0.493 e. The first-order valence-electron chi connectivity index (χ1n) is 6.76. The van der Waals surface area contributed by atoms with Gasteiger partial charge in [0, 0.05) is 18.9 Å². The SMILES string of the molecule is CCC#CCCc1cc(Br)c(OCC)cc1OCC. The fourth-order valence-electron chi connectivity index (χ4n) is 1.74. The second-order valence-electron chi connectivity index (χ2n) is 3.96. The van der Waals surface area contributed by atoms with E-state index >= 15 is 0 Å². The number of hydrogen-bond acceptors (Lipinski definition) is 2. The van der Waals surface area contributed by atoms with Gasteiger partial charge in [0.05, 0.1) is 17.7 Å². The Kier molecular flexibility index (Phi) is 7.43. The molecule has 19 heavy (non-hydrogen) atoms. The fourth-order valence-corrected chi connectivity index (χ4v) is 2.24. The maximum atomic E-state index is 5.69. The van der Waals surface area contributed by atoms with E-state index in [-0.39, 0.29) is 0 Å². The molecule has 0 heterocycles. The first-order chi connectivity index (χ1) is 9.22. The van der Waals surface area contributed by atoms with Crippen LogP contribution in [0.3, 0.4) is 0 Å². The van der Waals surface area contributed by atoms with Crippen molar-refractivity contribution in [1.82, 2.24) is 0 Å². The van der Waals surface area contributed by atoms with E-state index in [0.29, 0.717) is 13.2 Å². The normalized spacial score (nSPS) is 9.68. The van der Waals surface area contributed by atoms with Crippen molar-refractivity contribution in [2.45, 2.75) is 40.0 Å². The van der Waals surface area contributed by atoms with Gasteiger partial charge in [-0.1, -0.05) is 6.92 Å². The molecule has 1 aromatic carbocycles. The van der Waals surface area contributed by atoms with Crippen LogP contribution in [0.4, 0.5) is 0 Å². The molecule has 0 aliphatic rings. The molecule has 0 bridgehead atoms. The molecule has 2 nitrogen and oxygen atoms in total. The summed E-state index contributed by atoms with van der Waals surface area (Å²) in [4.78, 5) is 0. The van der Waals surface area contributed by atoms with Crippen molar-refractivity contribution in [3.05, 3.63) is 22.2 Å². The summed E-state index contributed by atoms with van der Waals surface area (Å²) in [5.74, 6) is 7.97. The summed E-state index contributed by atoms with van der Waals surface area (Å²) in [6.45, 7) is 7.32. The lowest BCUT2D eigenvalue weighted by Gasteiger charge is -2.13. The Morgan fingerprint density at radius 3 is 2.32 bits per heavy atom. The molecule has 0 fully saturated rings. The number of benzene rings is 1. The van der Waals surface area contributed by atoms with Gasteiger partial charge < -0.3 is 9.47 Å². The van der Waals surface area contributed by atoms with E-state index in [2.05, 4.69) is 40.8 Å². The molecule has 0 aromatic heterocycles. The van der Waals surface area contributed by atoms with Crippen molar-refractivity contribution in [2.75, 3.05) is 13.2 Å². The van der Waals surface area contributed by atoms with E-state index in [9.17, 15) is 0 Å². The Labute approximate surface area is 124 Å². The van der Waals surface area contributed by atoms with E-state index in [1.165, 1.54) is 5.56 Å². The average Bonchev–Trinajstić information content (AvgIpc) is 2.40. The summed E-state index contributed by atoms with van der Waals surface area (Å²) in [7, 11) is 0. The van der Waals surface area contributed by atoms with Gasteiger partial charge in [0.15, 0.2) is 0 Å². The topological polar surface area (TPSA) is 18.5 Å². The molecule has 3 heteroatoms. The first kappa shape index (κ1) is 15.9. The van der Waals surface area contributed by atoms with Crippen LogP contribution in [0, 0.1) is 11.8 Å². The molecule has 104 valence electrons. The van der Waals surface area contributed by atoms with Crippen molar-refractivity contribution in [3.8, 4) is 23.3 Å². The van der Waals surface area contributed by atoms with Crippen LogP contribution in [0.2, 0.25) is 0 Å². The van der Waals surface area contributed by atoms with Crippen LogP contribution < -0.4 is 9.47 Å². The van der Waals surface area contributed by atoms with Crippen molar-refractivity contribution in [2.24, 2.45) is 0 Å². The summed E-state index contributed by atoms with van der Waals surface area (Å²) < 4.78 is 12.2. The maximum Gasteiger partial charge on any atom is 0.137 e. The van der Waals surface area contributed by atoms with Gasteiger partial charge in [0.25, 0.3) is 0 Å². The molecule has 0 amide bonds. The van der Waals surface area contributed by atoms with Crippen molar-refractivity contribution >= 4 is 15.9 Å². The average molecular weight is 325 g/mol. The lowest BCUT2D eigenvalue weighted by molar-refractivity contribution is 0.319. The summed E-state index contributed by atoms with van der Waals surface area (Å²) in [5, 5.41) is 0. The van der Waals surface area contributed by atoms with Gasteiger partial charge in [-0.05, 0) is 47.8 Å². The van der Waals surface area contributed by atoms with Crippen LogP contribution in [0.25, 0.3) is 0 Å². The Balaban J connectivity index is 2.91. The molecule has 0 N–H and O–H groups in total. The fraction of sp³-hybridized carbons (Fsp3) is 0.500. The quantitative estimate of drug-likeness (QED) is 0.712. The van der Waals surface area contributed by atoms with Crippen molar-refractivity contribution in [1.29, 1.82) is 0 Å². The van der Waals surface area contributed by atoms with E-state index in [0.717, 1.165) is 35.2 Å². The summed E-state index contributed by atoms with van der Waals surface area (Å²) in [5.41, 5.74) is 1.17. The zero-order valence-corrected chi connectivity index (χ0v) is 13.5. The minimum absolute atomic E-state index is 0.644. The molecule has 0 aliphatic heterocycles. The van der Waals surface area contributed by atoms with Crippen molar-refractivity contribution in [3.63, 3.8) is 0 Å². The zero-order chi connectivity index (χ0) is 14.1.